The molecular formula is C21H16ClNO3. The Morgan fingerprint density at radius 3 is 2.31 bits per heavy atom. The van der Waals surface area contributed by atoms with Crippen LogP contribution in [0.1, 0.15) is 20.7 Å². The van der Waals surface area contributed by atoms with E-state index >= 15 is 0 Å². The Hall–Kier alpha value is -3.11. The largest absolute Gasteiger partial charge is 0.485 e. The van der Waals surface area contributed by atoms with Crippen LogP contribution in [0.4, 0.5) is 5.69 Å². The lowest BCUT2D eigenvalue weighted by atomic mass is 10.1. The molecule has 0 saturated carbocycles. The first kappa shape index (κ1) is 17.7. The van der Waals surface area contributed by atoms with Crippen LogP contribution in [-0.2, 0) is 0 Å². The van der Waals surface area contributed by atoms with Gasteiger partial charge in [0.15, 0.2) is 12.4 Å². The van der Waals surface area contributed by atoms with Gasteiger partial charge >= 0.3 is 0 Å². The topological polar surface area (TPSA) is 55.4 Å². The van der Waals surface area contributed by atoms with E-state index in [9.17, 15) is 9.59 Å². The molecule has 0 fully saturated rings. The van der Waals surface area contributed by atoms with Crippen LogP contribution in [-0.4, -0.2) is 18.3 Å². The third kappa shape index (κ3) is 4.71. The first-order chi connectivity index (χ1) is 12.6. The summed E-state index contributed by atoms with van der Waals surface area (Å²) in [6.07, 6.45) is 0. The first-order valence-electron chi connectivity index (χ1n) is 8.00. The molecule has 3 aromatic rings. The second-order valence-corrected chi connectivity index (χ2v) is 6.00. The second kappa shape index (κ2) is 8.32. The van der Waals surface area contributed by atoms with E-state index in [1.165, 1.54) is 0 Å². The van der Waals surface area contributed by atoms with Gasteiger partial charge in [0, 0.05) is 27.9 Å². The van der Waals surface area contributed by atoms with Crippen molar-refractivity contribution < 1.29 is 14.3 Å². The Morgan fingerprint density at radius 1 is 0.846 bits per heavy atom. The molecule has 0 radical (unpaired) electrons. The summed E-state index contributed by atoms with van der Waals surface area (Å²) >= 11 is 5.82. The van der Waals surface area contributed by atoms with E-state index in [4.69, 9.17) is 16.3 Å². The zero-order valence-electron chi connectivity index (χ0n) is 13.8. The maximum atomic E-state index is 12.2. The van der Waals surface area contributed by atoms with Crippen molar-refractivity contribution in [3.8, 4) is 5.75 Å². The van der Waals surface area contributed by atoms with Crippen LogP contribution in [0.5, 0.6) is 5.75 Å². The number of halogens is 1. The van der Waals surface area contributed by atoms with Gasteiger partial charge in [0.25, 0.3) is 5.91 Å². The summed E-state index contributed by atoms with van der Waals surface area (Å²) in [5.74, 6) is 0.138. The standard InChI is InChI=1S/C21H16ClNO3/c22-17-11-9-15(10-12-17)20(24)14-26-19-8-4-7-18(13-19)23-21(25)16-5-2-1-3-6-16/h1-13H,14H2,(H,23,25). The van der Waals surface area contributed by atoms with E-state index in [0.717, 1.165) is 0 Å². The summed E-state index contributed by atoms with van der Waals surface area (Å²) in [7, 11) is 0. The molecule has 0 atom stereocenters. The van der Waals surface area contributed by atoms with Crippen molar-refractivity contribution in [3.63, 3.8) is 0 Å². The van der Waals surface area contributed by atoms with Crippen LogP contribution >= 0.6 is 11.6 Å². The van der Waals surface area contributed by atoms with Gasteiger partial charge in [0.05, 0.1) is 0 Å². The number of hydrogen-bond acceptors (Lipinski definition) is 3. The fraction of sp³-hybridized carbons (Fsp3) is 0.0476. The number of nitrogens with one attached hydrogen (secondary N) is 1. The molecule has 5 heteroatoms. The Balaban J connectivity index is 1.61. The molecule has 1 N–H and O–H groups in total. The number of benzene rings is 3. The van der Waals surface area contributed by atoms with Crippen molar-refractivity contribution in [2.24, 2.45) is 0 Å². The molecule has 0 aliphatic heterocycles. The maximum absolute atomic E-state index is 12.2. The lowest BCUT2D eigenvalue weighted by Crippen LogP contribution is -2.13. The SMILES string of the molecule is O=C(COc1cccc(NC(=O)c2ccccc2)c1)c1ccc(Cl)cc1. The highest BCUT2D eigenvalue weighted by atomic mass is 35.5. The molecule has 4 nitrogen and oxygen atoms in total. The molecule has 3 aromatic carbocycles. The first-order valence-corrected chi connectivity index (χ1v) is 8.37. The highest BCUT2D eigenvalue weighted by molar-refractivity contribution is 6.30. The third-order valence-corrected chi connectivity index (χ3v) is 3.92. The predicted molar refractivity (Wildman–Crippen MR) is 102 cm³/mol. The minimum absolute atomic E-state index is 0.0995. The van der Waals surface area contributed by atoms with Crippen LogP contribution in [0.3, 0.4) is 0 Å². The van der Waals surface area contributed by atoms with E-state index in [1.54, 1.807) is 72.8 Å². The molecule has 0 unspecified atom stereocenters. The third-order valence-electron chi connectivity index (χ3n) is 3.66. The molecule has 0 heterocycles. The summed E-state index contributed by atoms with van der Waals surface area (Å²) in [6.45, 7) is -0.0995. The van der Waals surface area contributed by atoms with Crippen LogP contribution in [0.25, 0.3) is 0 Å². The number of rotatable bonds is 6. The Labute approximate surface area is 156 Å². The number of ether oxygens (including phenoxy) is 1. The summed E-state index contributed by atoms with van der Waals surface area (Å²) < 4.78 is 5.55. The molecule has 0 bridgehead atoms. The summed E-state index contributed by atoms with van der Waals surface area (Å²) in [6, 6.07) is 22.5. The zero-order valence-corrected chi connectivity index (χ0v) is 14.6. The van der Waals surface area contributed by atoms with Gasteiger partial charge in [-0.2, -0.15) is 0 Å². The lowest BCUT2D eigenvalue weighted by Gasteiger charge is -2.09. The molecule has 0 spiro atoms. The van der Waals surface area contributed by atoms with E-state index in [2.05, 4.69) is 5.32 Å². The molecule has 0 aliphatic carbocycles. The normalized spacial score (nSPS) is 10.2. The van der Waals surface area contributed by atoms with Crippen molar-refractivity contribution in [3.05, 3.63) is 95.0 Å². The van der Waals surface area contributed by atoms with Gasteiger partial charge in [-0.25, -0.2) is 0 Å². The van der Waals surface area contributed by atoms with Gasteiger partial charge in [-0.1, -0.05) is 35.9 Å². The predicted octanol–water partition coefficient (Wildman–Crippen LogP) is 4.85. The van der Waals surface area contributed by atoms with Gasteiger partial charge in [-0.05, 0) is 48.5 Å². The fourth-order valence-electron chi connectivity index (χ4n) is 2.32. The van der Waals surface area contributed by atoms with Crippen LogP contribution < -0.4 is 10.1 Å². The number of Topliss-reactive ketones (excluding diaryl/α,β-unsaturated/α-hetero) is 1. The fourth-order valence-corrected chi connectivity index (χ4v) is 2.45. The second-order valence-electron chi connectivity index (χ2n) is 5.57. The zero-order chi connectivity index (χ0) is 18.4. The van der Waals surface area contributed by atoms with Crippen molar-refractivity contribution in [2.45, 2.75) is 0 Å². The molecule has 130 valence electrons. The average Bonchev–Trinajstić information content (AvgIpc) is 2.67. The number of carbonyl (C=O) groups excluding carboxylic acids is 2. The summed E-state index contributed by atoms with van der Waals surface area (Å²) in [5, 5.41) is 3.38. The molecule has 1 amide bonds. The van der Waals surface area contributed by atoms with E-state index < -0.39 is 0 Å². The Kier molecular flexibility index (Phi) is 5.66. The minimum atomic E-state index is -0.208. The lowest BCUT2D eigenvalue weighted by molar-refractivity contribution is 0.0920. The van der Waals surface area contributed by atoms with Crippen molar-refractivity contribution in [2.75, 3.05) is 11.9 Å². The van der Waals surface area contributed by atoms with Crippen LogP contribution in [0.2, 0.25) is 5.02 Å². The number of ketones is 1. The highest BCUT2D eigenvalue weighted by Gasteiger charge is 2.09. The molecule has 0 saturated heterocycles. The van der Waals surface area contributed by atoms with Crippen LogP contribution in [0, 0.1) is 0 Å². The quantitative estimate of drug-likeness (QED) is 0.635. The van der Waals surface area contributed by atoms with Crippen molar-refractivity contribution in [1.29, 1.82) is 0 Å². The highest BCUT2D eigenvalue weighted by Crippen LogP contribution is 2.19. The monoisotopic (exact) mass is 365 g/mol. The van der Waals surface area contributed by atoms with E-state index in [0.29, 0.717) is 27.6 Å². The summed E-state index contributed by atoms with van der Waals surface area (Å²) in [4.78, 5) is 24.3. The smallest absolute Gasteiger partial charge is 0.255 e. The van der Waals surface area contributed by atoms with E-state index in [1.807, 2.05) is 6.07 Å². The summed E-state index contributed by atoms with van der Waals surface area (Å²) in [5.41, 5.74) is 1.69. The van der Waals surface area contributed by atoms with E-state index in [-0.39, 0.29) is 18.3 Å². The van der Waals surface area contributed by atoms with Gasteiger partial charge in [0.1, 0.15) is 5.75 Å². The Bertz CT molecular complexity index is 908. The van der Waals surface area contributed by atoms with Gasteiger partial charge in [-0.15, -0.1) is 0 Å². The van der Waals surface area contributed by atoms with Crippen molar-refractivity contribution >= 4 is 29.0 Å². The maximum Gasteiger partial charge on any atom is 0.255 e. The Morgan fingerprint density at radius 2 is 1.58 bits per heavy atom. The van der Waals surface area contributed by atoms with Crippen molar-refractivity contribution in [1.82, 2.24) is 0 Å². The van der Waals surface area contributed by atoms with Crippen LogP contribution in [0.15, 0.2) is 78.9 Å². The molecular weight excluding hydrogens is 350 g/mol. The molecule has 0 aromatic heterocycles. The number of hydrogen-bond donors (Lipinski definition) is 1. The number of amides is 1. The molecule has 3 rings (SSSR count). The average molecular weight is 366 g/mol. The molecule has 0 aliphatic rings. The minimum Gasteiger partial charge on any atom is -0.485 e. The number of carbonyl (C=O) groups is 2. The van der Waals surface area contributed by atoms with Gasteiger partial charge in [0.2, 0.25) is 0 Å². The van der Waals surface area contributed by atoms with Gasteiger partial charge in [-0.3, -0.25) is 9.59 Å². The van der Waals surface area contributed by atoms with Gasteiger partial charge < -0.3 is 10.1 Å². The molecule has 26 heavy (non-hydrogen) atoms. The number of anilines is 1.